The van der Waals surface area contributed by atoms with Gasteiger partial charge in [-0.1, -0.05) is 0 Å². The van der Waals surface area contributed by atoms with Gasteiger partial charge in [0.25, 0.3) is 0 Å². The Labute approximate surface area is 83.5 Å². The minimum absolute atomic E-state index is 0.327. The highest BCUT2D eigenvalue weighted by molar-refractivity contribution is 5.49. The molecule has 3 nitrogen and oxygen atoms in total. The van der Waals surface area contributed by atoms with Crippen molar-refractivity contribution in [3.8, 4) is 11.5 Å². The average Bonchev–Trinajstić information content (AvgIpc) is 2.23. The minimum Gasteiger partial charge on any atom is -0.508 e. The lowest BCUT2D eigenvalue weighted by molar-refractivity contribution is 0.326. The summed E-state index contributed by atoms with van der Waals surface area (Å²) in [5.74, 6) is 1.21. The lowest BCUT2D eigenvalue weighted by Gasteiger charge is -2.20. The molecule has 75 valence electrons. The molecule has 0 aromatic heterocycles. The minimum atomic E-state index is 0.327. The molecule has 0 atom stereocenters. The van der Waals surface area contributed by atoms with Crippen molar-refractivity contribution in [1.82, 2.24) is 0 Å². The van der Waals surface area contributed by atoms with Crippen LogP contribution < -0.4 is 10.5 Å². The van der Waals surface area contributed by atoms with Crippen molar-refractivity contribution < 1.29 is 9.84 Å². The topological polar surface area (TPSA) is 55.5 Å². The van der Waals surface area contributed by atoms with Crippen LogP contribution >= 0.6 is 0 Å². The van der Waals surface area contributed by atoms with Crippen molar-refractivity contribution in [2.45, 2.75) is 12.8 Å². The van der Waals surface area contributed by atoms with E-state index >= 15 is 0 Å². The molecule has 1 aliphatic rings. The Kier molecular flexibility index (Phi) is 2.59. The van der Waals surface area contributed by atoms with E-state index in [2.05, 4.69) is 6.42 Å². The summed E-state index contributed by atoms with van der Waals surface area (Å²) in [6.45, 7) is 1.20. The van der Waals surface area contributed by atoms with Crippen molar-refractivity contribution in [2.24, 2.45) is 5.73 Å². The Morgan fingerprint density at radius 1 is 1.43 bits per heavy atom. The zero-order chi connectivity index (χ0) is 9.97. The van der Waals surface area contributed by atoms with Gasteiger partial charge in [0.15, 0.2) is 0 Å². The molecule has 2 rings (SSSR count). The third-order valence-electron chi connectivity index (χ3n) is 2.46. The third-order valence-corrected chi connectivity index (χ3v) is 2.46. The van der Waals surface area contributed by atoms with E-state index in [9.17, 15) is 5.11 Å². The van der Waals surface area contributed by atoms with Crippen molar-refractivity contribution in [3.63, 3.8) is 0 Å². The number of aromatic hydroxyl groups is 1. The van der Waals surface area contributed by atoms with Gasteiger partial charge in [-0.3, -0.25) is 0 Å². The molecule has 0 bridgehead atoms. The molecule has 0 saturated heterocycles. The van der Waals surface area contributed by atoms with Crippen molar-refractivity contribution >= 4 is 0 Å². The highest BCUT2D eigenvalue weighted by Gasteiger charge is 2.16. The van der Waals surface area contributed by atoms with Crippen LogP contribution in [0.5, 0.6) is 11.5 Å². The van der Waals surface area contributed by atoms with Crippen molar-refractivity contribution in [1.29, 1.82) is 0 Å². The smallest absolute Gasteiger partial charge is 0.123 e. The lowest BCUT2D eigenvalue weighted by Crippen LogP contribution is -2.13. The van der Waals surface area contributed by atoms with Crippen LogP contribution in [0.25, 0.3) is 0 Å². The van der Waals surface area contributed by atoms with Gasteiger partial charge in [0.1, 0.15) is 11.5 Å². The van der Waals surface area contributed by atoms with E-state index < -0.39 is 0 Å². The van der Waals surface area contributed by atoms with Crippen LogP contribution in [-0.2, 0) is 12.8 Å². The molecule has 1 aliphatic heterocycles. The highest BCUT2D eigenvalue weighted by atomic mass is 16.5. The molecule has 0 unspecified atom stereocenters. The fourth-order valence-electron chi connectivity index (χ4n) is 1.79. The fourth-order valence-corrected chi connectivity index (χ4v) is 1.79. The van der Waals surface area contributed by atoms with Gasteiger partial charge in [0.2, 0.25) is 0 Å². The highest BCUT2D eigenvalue weighted by Crippen LogP contribution is 2.33. The van der Waals surface area contributed by atoms with Gasteiger partial charge >= 0.3 is 0 Å². The van der Waals surface area contributed by atoms with Gasteiger partial charge in [-0.25, -0.2) is 0 Å². The van der Waals surface area contributed by atoms with E-state index in [0.29, 0.717) is 25.3 Å². The Bertz CT molecular complexity index is 336. The number of phenolic OH excluding ortho intramolecular Hbond substituents is 1. The van der Waals surface area contributed by atoms with Crippen LogP contribution in [0.15, 0.2) is 12.1 Å². The second kappa shape index (κ2) is 3.88. The van der Waals surface area contributed by atoms with Gasteiger partial charge in [0.05, 0.1) is 6.61 Å². The molecule has 0 aliphatic carbocycles. The summed E-state index contributed by atoms with van der Waals surface area (Å²) in [5.41, 5.74) is 7.52. The summed E-state index contributed by atoms with van der Waals surface area (Å²) in [5, 5.41) is 9.67. The summed E-state index contributed by atoms with van der Waals surface area (Å²) in [6, 6.07) is 3.49. The molecule has 0 saturated carbocycles. The normalized spacial score (nSPS) is 14.6. The fraction of sp³-hybridized carbons (Fsp3) is 0.364. The first kappa shape index (κ1) is 9.34. The molecular formula is C11H14NO2. The van der Waals surface area contributed by atoms with E-state index in [-0.39, 0.29) is 0 Å². The average molecular weight is 192 g/mol. The van der Waals surface area contributed by atoms with Crippen molar-refractivity contribution in [2.75, 3.05) is 13.2 Å². The van der Waals surface area contributed by atoms with E-state index in [1.165, 1.54) is 0 Å². The summed E-state index contributed by atoms with van der Waals surface area (Å²) in [6.07, 6.45) is 3.62. The van der Waals surface area contributed by atoms with E-state index in [4.69, 9.17) is 10.5 Å². The summed E-state index contributed by atoms with van der Waals surface area (Å²) >= 11 is 0. The number of nitrogens with two attached hydrogens (primary N) is 1. The molecule has 1 aromatic rings. The van der Waals surface area contributed by atoms with Gasteiger partial charge in [0, 0.05) is 17.5 Å². The molecular weight excluding hydrogens is 178 g/mol. The number of ether oxygens (including phenoxy) is 1. The maximum absolute atomic E-state index is 9.67. The maximum Gasteiger partial charge on any atom is 0.123 e. The molecule has 0 amide bonds. The molecule has 3 N–H and O–H groups in total. The predicted molar refractivity (Wildman–Crippen MR) is 54.4 cm³/mol. The van der Waals surface area contributed by atoms with Gasteiger partial charge < -0.3 is 15.6 Å². The maximum atomic E-state index is 9.67. The molecule has 3 heteroatoms. The first-order valence-electron chi connectivity index (χ1n) is 4.81. The Balaban J connectivity index is 2.43. The molecule has 1 radical (unpaired) electrons. The Morgan fingerprint density at radius 3 is 3.07 bits per heavy atom. The van der Waals surface area contributed by atoms with Crippen molar-refractivity contribution in [3.05, 3.63) is 29.7 Å². The summed E-state index contributed by atoms with van der Waals surface area (Å²) < 4.78 is 5.46. The number of benzene rings is 1. The first-order valence-corrected chi connectivity index (χ1v) is 4.81. The van der Waals surface area contributed by atoms with Crippen LogP contribution in [0.4, 0.5) is 0 Å². The van der Waals surface area contributed by atoms with E-state index in [1.54, 1.807) is 6.07 Å². The standard InChI is InChI=1S/C11H14NO2/c12-6-5-8-9-2-1-7-14-11(9)4-3-10(8)13/h1,3-4,13H,2,5-7,12H2. The monoisotopic (exact) mass is 192 g/mol. The molecule has 1 aromatic carbocycles. The van der Waals surface area contributed by atoms with Crippen LogP contribution in [0, 0.1) is 6.42 Å². The SMILES string of the molecule is NCCc1c(O)ccc2c1C[CH]CO2. The number of rotatable bonds is 2. The van der Waals surface area contributed by atoms with Crippen LogP contribution in [0.3, 0.4) is 0 Å². The number of hydrogen-bond acceptors (Lipinski definition) is 3. The number of phenols is 1. The molecule has 0 spiro atoms. The first-order chi connectivity index (χ1) is 6.83. The van der Waals surface area contributed by atoms with Gasteiger partial charge in [-0.15, -0.1) is 0 Å². The quantitative estimate of drug-likeness (QED) is 0.736. The second-order valence-corrected chi connectivity index (χ2v) is 3.38. The van der Waals surface area contributed by atoms with E-state index in [1.807, 2.05) is 6.07 Å². The second-order valence-electron chi connectivity index (χ2n) is 3.38. The predicted octanol–water partition coefficient (Wildman–Crippen LogP) is 1.03. The molecule has 14 heavy (non-hydrogen) atoms. The third kappa shape index (κ3) is 1.55. The van der Waals surface area contributed by atoms with Gasteiger partial charge in [-0.05, 0) is 31.5 Å². The van der Waals surface area contributed by atoms with Gasteiger partial charge in [-0.2, -0.15) is 0 Å². The molecule has 0 fully saturated rings. The van der Waals surface area contributed by atoms with Crippen LogP contribution in [0.2, 0.25) is 0 Å². The van der Waals surface area contributed by atoms with E-state index in [0.717, 1.165) is 23.3 Å². The number of hydrogen-bond donors (Lipinski definition) is 2. The largest absolute Gasteiger partial charge is 0.508 e. The Hall–Kier alpha value is -1.22. The summed E-state index contributed by atoms with van der Waals surface area (Å²) in [7, 11) is 0. The zero-order valence-electron chi connectivity index (χ0n) is 7.99. The summed E-state index contributed by atoms with van der Waals surface area (Å²) in [4.78, 5) is 0. The zero-order valence-corrected chi connectivity index (χ0v) is 7.99. The lowest BCUT2D eigenvalue weighted by atomic mass is 9.97. The van der Waals surface area contributed by atoms with Crippen LogP contribution in [-0.4, -0.2) is 18.3 Å². The van der Waals surface area contributed by atoms with Crippen LogP contribution in [0.1, 0.15) is 11.1 Å². The molecule has 1 heterocycles. The Morgan fingerprint density at radius 2 is 2.29 bits per heavy atom. The number of fused-ring (bicyclic) bond motifs is 1.